The van der Waals surface area contributed by atoms with Gasteiger partial charge in [0.05, 0.1) is 6.61 Å². The van der Waals surface area contributed by atoms with Gasteiger partial charge in [-0.3, -0.25) is 0 Å². The molecule has 12 heavy (non-hydrogen) atoms. The van der Waals surface area contributed by atoms with Gasteiger partial charge in [-0.15, -0.1) is 0 Å². The smallest absolute Gasteiger partial charge is 0.0825 e. The molecule has 0 spiro atoms. The first-order valence-electron chi connectivity index (χ1n) is 5.15. The fourth-order valence-electron chi connectivity index (χ4n) is 1.13. The Morgan fingerprint density at radius 3 is 2.17 bits per heavy atom. The number of unbranched alkanes of at least 4 members (excludes halogenated alkanes) is 5. The van der Waals surface area contributed by atoms with E-state index in [1.807, 2.05) is 0 Å². The topological polar surface area (TPSA) is 19.9 Å². The maximum absolute atomic E-state index is 10.1. The van der Waals surface area contributed by atoms with Crippen LogP contribution in [0.3, 0.4) is 0 Å². The summed E-state index contributed by atoms with van der Waals surface area (Å²) >= 11 is 0. The molecule has 1 heteroatoms. The predicted molar refractivity (Wildman–Crippen MR) is 52.7 cm³/mol. The molecule has 0 aromatic rings. The quantitative estimate of drug-likeness (QED) is 0.390. The van der Waals surface area contributed by atoms with Crippen LogP contribution in [0, 0.1) is 0 Å². The van der Waals surface area contributed by atoms with E-state index in [4.69, 9.17) is 0 Å². The van der Waals surface area contributed by atoms with Crippen LogP contribution in [0.1, 0.15) is 51.9 Å². The Balaban J connectivity index is 2.92. The summed E-state index contributed by atoms with van der Waals surface area (Å²) in [4.78, 5) is 0. The van der Waals surface area contributed by atoms with Crippen molar-refractivity contribution in [3.8, 4) is 0 Å². The van der Waals surface area contributed by atoms with Crippen molar-refractivity contribution in [1.82, 2.24) is 0 Å². The number of allylic oxidation sites excluding steroid dienone is 2. The molecule has 0 aliphatic heterocycles. The second-order valence-electron chi connectivity index (χ2n) is 3.17. The molecule has 1 radical (unpaired) electrons. The van der Waals surface area contributed by atoms with Crippen LogP contribution in [-0.4, -0.2) is 6.61 Å². The van der Waals surface area contributed by atoms with Crippen LogP contribution in [0.25, 0.3) is 0 Å². The highest BCUT2D eigenvalue weighted by Gasteiger charge is 1.84. The molecule has 1 nitrogen and oxygen atoms in total. The summed E-state index contributed by atoms with van der Waals surface area (Å²) in [5.41, 5.74) is 0. The third kappa shape index (κ3) is 9.70. The highest BCUT2D eigenvalue weighted by atomic mass is 16.2. The molecule has 0 unspecified atom stereocenters. The average Bonchev–Trinajstić information content (AvgIpc) is 2.10. The first-order valence-corrected chi connectivity index (χ1v) is 5.15. The van der Waals surface area contributed by atoms with E-state index in [1.165, 1.54) is 32.1 Å². The summed E-state index contributed by atoms with van der Waals surface area (Å²) in [6, 6.07) is 0. The lowest BCUT2D eigenvalue weighted by atomic mass is 10.1. The molecule has 0 fully saturated rings. The minimum absolute atomic E-state index is 0.0696. The Kier molecular flexibility index (Phi) is 10.4. The van der Waals surface area contributed by atoms with Gasteiger partial charge in [0.1, 0.15) is 0 Å². The van der Waals surface area contributed by atoms with Gasteiger partial charge in [-0.1, -0.05) is 38.3 Å². The van der Waals surface area contributed by atoms with Gasteiger partial charge >= 0.3 is 0 Å². The third-order valence-corrected chi connectivity index (χ3v) is 1.91. The summed E-state index contributed by atoms with van der Waals surface area (Å²) in [6.45, 7) is 2.30. The van der Waals surface area contributed by atoms with Gasteiger partial charge in [-0.05, 0) is 25.7 Å². The molecular formula is C11H21O. The van der Waals surface area contributed by atoms with Gasteiger partial charge in [-0.25, -0.2) is 5.11 Å². The van der Waals surface area contributed by atoms with Gasteiger partial charge in [0, 0.05) is 0 Å². The normalized spacial score (nSPS) is 11.2. The van der Waals surface area contributed by atoms with Crippen LogP contribution in [0.4, 0.5) is 0 Å². The summed E-state index contributed by atoms with van der Waals surface area (Å²) in [5.74, 6) is 0. The first-order chi connectivity index (χ1) is 5.91. The van der Waals surface area contributed by atoms with Gasteiger partial charge in [0.15, 0.2) is 0 Å². The Bertz CT molecular complexity index is 97.2. The van der Waals surface area contributed by atoms with E-state index >= 15 is 0 Å². The van der Waals surface area contributed by atoms with E-state index in [2.05, 4.69) is 19.1 Å². The molecule has 0 N–H and O–H groups in total. The Labute approximate surface area is 76.5 Å². The minimum atomic E-state index is 0.0696. The molecule has 0 bridgehead atoms. The fourth-order valence-corrected chi connectivity index (χ4v) is 1.13. The Hall–Kier alpha value is -0.300. The minimum Gasteiger partial charge on any atom is -0.237 e. The second kappa shape index (κ2) is 10.7. The summed E-state index contributed by atoms with van der Waals surface area (Å²) < 4.78 is 0. The fraction of sp³-hybridized carbons (Fsp3) is 0.818. The Morgan fingerprint density at radius 2 is 1.58 bits per heavy atom. The van der Waals surface area contributed by atoms with Crippen molar-refractivity contribution in [3.05, 3.63) is 12.2 Å². The maximum atomic E-state index is 10.1. The Morgan fingerprint density at radius 1 is 0.917 bits per heavy atom. The molecule has 0 rings (SSSR count). The van der Waals surface area contributed by atoms with Crippen molar-refractivity contribution in [2.45, 2.75) is 51.9 Å². The van der Waals surface area contributed by atoms with Crippen molar-refractivity contribution in [1.29, 1.82) is 0 Å². The van der Waals surface area contributed by atoms with E-state index in [-0.39, 0.29) is 6.61 Å². The molecule has 0 aliphatic rings. The number of rotatable bonds is 8. The van der Waals surface area contributed by atoms with Crippen LogP contribution in [-0.2, 0) is 5.11 Å². The standard InChI is InChI=1S/C11H21O/c1-2-3-4-5-6-7-8-9-10-11-12/h7-8H,2-6,9-11H2,1H3/b8-7+. The molecular weight excluding hydrogens is 148 g/mol. The first kappa shape index (κ1) is 11.7. The second-order valence-corrected chi connectivity index (χ2v) is 3.17. The van der Waals surface area contributed by atoms with Gasteiger partial charge in [0.2, 0.25) is 0 Å². The van der Waals surface area contributed by atoms with Crippen molar-refractivity contribution in [2.24, 2.45) is 0 Å². The highest BCUT2D eigenvalue weighted by Crippen LogP contribution is 2.03. The summed E-state index contributed by atoms with van der Waals surface area (Å²) in [6.07, 6.45) is 12.6. The van der Waals surface area contributed by atoms with Crippen LogP contribution in [0.5, 0.6) is 0 Å². The zero-order valence-corrected chi connectivity index (χ0v) is 8.22. The molecule has 0 atom stereocenters. The van der Waals surface area contributed by atoms with Crippen LogP contribution < -0.4 is 0 Å². The van der Waals surface area contributed by atoms with E-state index in [0.717, 1.165) is 12.8 Å². The largest absolute Gasteiger partial charge is 0.237 e. The predicted octanol–water partition coefficient (Wildman–Crippen LogP) is 3.72. The van der Waals surface area contributed by atoms with Crippen LogP contribution in [0.2, 0.25) is 0 Å². The lowest BCUT2D eigenvalue weighted by molar-refractivity contribution is 0.190. The molecule has 71 valence electrons. The monoisotopic (exact) mass is 169 g/mol. The van der Waals surface area contributed by atoms with E-state index in [0.29, 0.717) is 0 Å². The summed E-state index contributed by atoms with van der Waals surface area (Å²) in [7, 11) is 0. The van der Waals surface area contributed by atoms with Crippen molar-refractivity contribution >= 4 is 0 Å². The van der Waals surface area contributed by atoms with Crippen molar-refractivity contribution in [2.75, 3.05) is 6.61 Å². The molecule has 0 saturated carbocycles. The van der Waals surface area contributed by atoms with Gasteiger partial charge in [-0.2, -0.15) is 0 Å². The lowest BCUT2D eigenvalue weighted by Gasteiger charge is -1.93. The molecule has 0 aromatic heterocycles. The zero-order chi connectivity index (χ0) is 9.07. The highest BCUT2D eigenvalue weighted by molar-refractivity contribution is 4.81. The van der Waals surface area contributed by atoms with Crippen molar-refractivity contribution in [3.63, 3.8) is 0 Å². The molecule has 0 amide bonds. The van der Waals surface area contributed by atoms with Crippen LogP contribution >= 0.6 is 0 Å². The van der Waals surface area contributed by atoms with E-state index < -0.39 is 0 Å². The van der Waals surface area contributed by atoms with Gasteiger partial charge in [0.25, 0.3) is 0 Å². The average molecular weight is 169 g/mol. The van der Waals surface area contributed by atoms with Crippen molar-refractivity contribution < 1.29 is 5.11 Å². The third-order valence-electron chi connectivity index (χ3n) is 1.91. The van der Waals surface area contributed by atoms with E-state index in [9.17, 15) is 5.11 Å². The van der Waals surface area contributed by atoms with E-state index in [1.54, 1.807) is 0 Å². The molecule has 0 aliphatic carbocycles. The van der Waals surface area contributed by atoms with Gasteiger partial charge < -0.3 is 0 Å². The maximum Gasteiger partial charge on any atom is 0.0825 e. The SMILES string of the molecule is CCCCCC/C=C/CCC[O]. The number of hydrogen-bond acceptors (Lipinski definition) is 0. The number of hydrogen-bond donors (Lipinski definition) is 0. The summed E-state index contributed by atoms with van der Waals surface area (Å²) in [5, 5.41) is 10.1. The molecule has 0 heterocycles. The molecule has 0 aromatic carbocycles. The van der Waals surface area contributed by atoms with Crippen LogP contribution in [0.15, 0.2) is 12.2 Å². The lowest BCUT2D eigenvalue weighted by Crippen LogP contribution is -1.77. The molecule has 0 saturated heterocycles. The zero-order valence-electron chi connectivity index (χ0n) is 8.22.